The first-order chi connectivity index (χ1) is 7.47. The number of likely N-dealkylation sites (N-methyl/N-ethyl adjacent to an activating group) is 1. The zero-order valence-corrected chi connectivity index (χ0v) is 10.1. The standard InChI is InChI=1S/C11H20N2O3/c1-4-12-10(14)8(3)13-5-7(2)9(6-13)11(15)16/h7-9H,4-6H2,1-3H3,(H,12,14)(H,15,16). The minimum Gasteiger partial charge on any atom is -0.481 e. The average molecular weight is 228 g/mol. The van der Waals surface area contributed by atoms with Crippen molar-refractivity contribution in [3.63, 3.8) is 0 Å². The smallest absolute Gasteiger partial charge is 0.308 e. The van der Waals surface area contributed by atoms with Gasteiger partial charge >= 0.3 is 5.97 Å². The van der Waals surface area contributed by atoms with Crippen molar-refractivity contribution in [3.8, 4) is 0 Å². The second-order valence-corrected chi connectivity index (χ2v) is 4.45. The summed E-state index contributed by atoms with van der Waals surface area (Å²) in [5.41, 5.74) is 0. The van der Waals surface area contributed by atoms with Crippen LogP contribution >= 0.6 is 0 Å². The molecule has 0 aliphatic carbocycles. The minimum absolute atomic E-state index is 0.0271. The molecule has 1 heterocycles. The van der Waals surface area contributed by atoms with Crippen LogP contribution in [0.3, 0.4) is 0 Å². The van der Waals surface area contributed by atoms with E-state index in [1.807, 2.05) is 25.7 Å². The SMILES string of the molecule is CCNC(=O)C(C)N1CC(C)C(C(=O)O)C1. The molecule has 1 aliphatic heterocycles. The van der Waals surface area contributed by atoms with Crippen molar-refractivity contribution >= 4 is 11.9 Å². The summed E-state index contributed by atoms with van der Waals surface area (Å²) in [6, 6.07) is -0.244. The first kappa shape index (κ1) is 13.0. The van der Waals surface area contributed by atoms with Crippen LogP contribution in [0, 0.1) is 11.8 Å². The van der Waals surface area contributed by atoms with E-state index in [1.165, 1.54) is 0 Å². The number of carboxylic acids is 1. The molecule has 3 unspecified atom stereocenters. The molecule has 0 saturated carbocycles. The van der Waals surface area contributed by atoms with Gasteiger partial charge in [-0.2, -0.15) is 0 Å². The molecule has 1 rings (SSSR count). The molecule has 1 amide bonds. The van der Waals surface area contributed by atoms with Gasteiger partial charge in [-0.25, -0.2) is 0 Å². The molecule has 0 aromatic carbocycles. The summed E-state index contributed by atoms with van der Waals surface area (Å²) in [7, 11) is 0. The summed E-state index contributed by atoms with van der Waals surface area (Å²) in [5.74, 6) is -1.04. The van der Waals surface area contributed by atoms with Crippen LogP contribution in [0.2, 0.25) is 0 Å². The van der Waals surface area contributed by atoms with E-state index >= 15 is 0 Å². The zero-order chi connectivity index (χ0) is 12.3. The Bertz CT molecular complexity index is 280. The Labute approximate surface area is 95.8 Å². The Morgan fingerprint density at radius 1 is 1.50 bits per heavy atom. The molecule has 2 N–H and O–H groups in total. The maximum Gasteiger partial charge on any atom is 0.308 e. The van der Waals surface area contributed by atoms with Crippen molar-refractivity contribution in [1.82, 2.24) is 10.2 Å². The number of likely N-dealkylation sites (tertiary alicyclic amines) is 1. The molecule has 3 atom stereocenters. The van der Waals surface area contributed by atoms with Gasteiger partial charge in [0.05, 0.1) is 12.0 Å². The zero-order valence-electron chi connectivity index (χ0n) is 10.1. The fourth-order valence-corrected chi connectivity index (χ4v) is 2.13. The largest absolute Gasteiger partial charge is 0.481 e. The summed E-state index contributed by atoms with van der Waals surface area (Å²) in [5, 5.41) is 11.8. The number of carbonyl (C=O) groups excluding carboxylic acids is 1. The van der Waals surface area contributed by atoms with Gasteiger partial charge in [0, 0.05) is 19.6 Å². The lowest BCUT2D eigenvalue weighted by atomic mass is 9.99. The molecule has 92 valence electrons. The van der Waals surface area contributed by atoms with Gasteiger partial charge in [0.1, 0.15) is 0 Å². The fraction of sp³-hybridized carbons (Fsp3) is 0.818. The summed E-state index contributed by atoms with van der Waals surface area (Å²) >= 11 is 0. The third-order valence-corrected chi connectivity index (χ3v) is 3.24. The Morgan fingerprint density at radius 2 is 2.12 bits per heavy atom. The van der Waals surface area contributed by atoms with Crippen LogP contribution in [0.15, 0.2) is 0 Å². The Balaban J connectivity index is 2.57. The van der Waals surface area contributed by atoms with Crippen LogP contribution in [0.25, 0.3) is 0 Å². The molecule has 0 radical (unpaired) electrons. The Kier molecular flexibility index (Phi) is 4.29. The number of amides is 1. The van der Waals surface area contributed by atoms with E-state index in [0.29, 0.717) is 19.6 Å². The normalized spacial score (nSPS) is 27.7. The van der Waals surface area contributed by atoms with Gasteiger partial charge < -0.3 is 10.4 Å². The highest BCUT2D eigenvalue weighted by Crippen LogP contribution is 2.24. The molecule has 16 heavy (non-hydrogen) atoms. The maximum absolute atomic E-state index is 11.6. The van der Waals surface area contributed by atoms with E-state index in [4.69, 9.17) is 5.11 Å². The molecular formula is C11H20N2O3. The third-order valence-electron chi connectivity index (χ3n) is 3.24. The lowest BCUT2D eigenvalue weighted by Crippen LogP contribution is -2.44. The topological polar surface area (TPSA) is 69.6 Å². The lowest BCUT2D eigenvalue weighted by Gasteiger charge is -2.22. The molecule has 5 nitrogen and oxygen atoms in total. The molecule has 0 aromatic heterocycles. The molecule has 0 bridgehead atoms. The molecule has 0 spiro atoms. The van der Waals surface area contributed by atoms with Crippen LogP contribution in [0.1, 0.15) is 20.8 Å². The van der Waals surface area contributed by atoms with Gasteiger partial charge in [-0.1, -0.05) is 6.92 Å². The van der Waals surface area contributed by atoms with E-state index in [-0.39, 0.29) is 23.8 Å². The van der Waals surface area contributed by atoms with Crippen molar-refractivity contribution in [2.45, 2.75) is 26.8 Å². The average Bonchev–Trinajstić information content (AvgIpc) is 2.59. The van der Waals surface area contributed by atoms with Crippen molar-refractivity contribution in [2.75, 3.05) is 19.6 Å². The third kappa shape index (κ3) is 2.72. The lowest BCUT2D eigenvalue weighted by molar-refractivity contribution is -0.142. The first-order valence-corrected chi connectivity index (χ1v) is 5.72. The number of nitrogens with one attached hydrogen (secondary N) is 1. The Morgan fingerprint density at radius 3 is 2.56 bits per heavy atom. The van der Waals surface area contributed by atoms with Gasteiger partial charge in [-0.05, 0) is 19.8 Å². The van der Waals surface area contributed by atoms with Gasteiger partial charge in [0.2, 0.25) is 5.91 Å². The van der Waals surface area contributed by atoms with Gasteiger partial charge in [-0.15, -0.1) is 0 Å². The highest BCUT2D eigenvalue weighted by molar-refractivity contribution is 5.81. The van der Waals surface area contributed by atoms with E-state index < -0.39 is 5.97 Å². The quantitative estimate of drug-likeness (QED) is 0.719. The molecule has 1 aliphatic rings. The maximum atomic E-state index is 11.6. The summed E-state index contributed by atoms with van der Waals surface area (Å²) < 4.78 is 0. The second-order valence-electron chi connectivity index (χ2n) is 4.45. The van der Waals surface area contributed by atoms with Crippen molar-refractivity contribution in [3.05, 3.63) is 0 Å². The number of hydrogen-bond acceptors (Lipinski definition) is 3. The van der Waals surface area contributed by atoms with Crippen molar-refractivity contribution in [2.24, 2.45) is 11.8 Å². The van der Waals surface area contributed by atoms with Crippen molar-refractivity contribution < 1.29 is 14.7 Å². The number of nitrogens with zero attached hydrogens (tertiary/aromatic N) is 1. The second kappa shape index (κ2) is 5.30. The number of carbonyl (C=O) groups is 2. The summed E-state index contributed by atoms with van der Waals surface area (Å²) in [6.07, 6.45) is 0. The van der Waals surface area contributed by atoms with E-state index in [9.17, 15) is 9.59 Å². The number of carboxylic acid groups (broad SMARTS) is 1. The van der Waals surface area contributed by atoms with Crippen LogP contribution < -0.4 is 5.32 Å². The van der Waals surface area contributed by atoms with Gasteiger partial charge in [0.25, 0.3) is 0 Å². The fourth-order valence-electron chi connectivity index (χ4n) is 2.13. The van der Waals surface area contributed by atoms with E-state index in [1.54, 1.807) is 0 Å². The Hall–Kier alpha value is -1.10. The van der Waals surface area contributed by atoms with E-state index in [2.05, 4.69) is 5.32 Å². The molecule has 1 fully saturated rings. The van der Waals surface area contributed by atoms with Crippen LogP contribution in [0.5, 0.6) is 0 Å². The summed E-state index contributed by atoms with van der Waals surface area (Å²) in [6.45, 7) is 7.36. The monoisotopic (exact) mass is 228 g/mol. The van der Waals surface area contributed by atoms with Crippen LogP contribution in [0.4, 0.5) is 0 Å². The van der Waals surface area contributed by atoms with Crippen LogP contribution in [-0.4, -0.2) is 47.6 Å². The van der Waals surface area contributed by atoms with Gasteiger partial charge in [0.15, 0.2) is 0 Å². The minimum atomic E-state index is -0.766. The summed E-state index contributed by atoms with van der Waals surface area (Å²) in [4.78, 5) is 24.5. The molecule has 5 heteroatoms. The predicted molar refractivity (Wildman–Crippen MR) is 60.0 cm³/mol. The predicted octanol–water partition coefficient (Wildman–Crippen LogP) is 0.164. The molecular weight excluding hydrogens is 208 g/mol. The van der Waals surface area contributed by atoms with Crippen LogP contribution in [-0.2, 0) is 9.59 Å². The van der Waals surface area contributed by atoms with Crippen molar-refractivity contribution in [1.29, 1.82) is 0 Å². The highest BCUT2D eigenvalue weighted by Gasteiger charge is 2.38. The first-order valence-electron chi connectivity index (χ1n) is 5.72. The number of aliphatic carboxylic acids is 1. The molecule has 0 aromatic rings. The molecule has 1 saturated heterocycles. The number of rotatable bonds is 4. The van der Waals surface area contributed by atoms with Gasteiger partial charge in [-0.3, -0.25) is 14.5 Å². The number of hydrogen-bond donors (Lipinski definition) is 2. The van der Waals surface area contributed by atoms with E-state index in [0.717, 1.165) is 0 Å². The highest BCUT2D eigenvalue weighted by atomic mass is 16.4.